The van der Waals surface area contributed by atoms with Gasteiger partial charge in [-0.05, 0) is 24.5 Å². The van der Waals surface area contributed by atoms with E-state index < -0.39 is 4.92 Å². The lowest BCUT2D eigenvalue weighted by Gasteiger charge is -2.07. The minimum atomic E-state index is -0.448. The Balaban J connectivity index is 2.64. The molecule has 6 heteroatoms. The summed E-state index contributed by atoms with van der Waals surface area (Å²) in [6, 6.07) is 6.94. The van der Waals surface area contributed by atoms with Crippen LogP contribution in [0.25, 0.3) is 0 Å². The van der Waals surface area contributed by atoms with Crippen LogP contribution in [0.5, 0.6) is 5.75 Å². The van der Waals surface area contributed by atoms with E-state index in [-0.39, 0.29) is 11.4 Å². The van der Waals surface area contributed by atoms with Gasteiger partial charge in [-0.3, -0.25) is 10.1 Å². The summed E-state index contributed by atoms with van der Waals surface area (Å²) in [5, 5.41) is 19.8. The van der Waals surface area contributed by atoms with Crippen molar-refractivity contribution in [2.24, 2.45) is 0 Å². The van der Waals surface area contributed by atoms with Crippen LogP contribution in [-0.4, -0.2) is 11.5 Å². The number of halogens is 1. The molecule has 0 atom stereocenters. The van der Waals surface area contributed by atoms with Crippen molar-refractivity contribution in [3.63, 3.8) is 0 Å². The first kappa shape index (κ1) is 14.5. The maximum Gasteiger partial charge on any atom is 0.311 e. The first-order valence-electron chi connectivity index (χ1n) is 5.52. The average molecular weight is 313 g/mol. The van der Waals surface area contributed by atoms with E-state index in [1.165, 1.54) is 6.07 Å². The summed E-state index contributed by atoms with van der Waals surface area (Å²) in [5.74, 6) is 0.279. The third-order valence-corrected chi connectivity index (χ3v) is 2.96. The quantitative estimate of drug-likeness (QED) is 0.334. The van der Waals surface area contributed by atoms with Gasteiger partial charge in [0.1, 0.15) is 0 Å². The Kier molecular flexibility index (Phi) is 6.15. The van der Waals surface area contributed by atoms with Crippen molar-refractivity contribution in [2.45, 2.75) is 24.6 Å². The summed E-state index contributed by atoms with van der Waals surface area (Å²) < 4.78 is 5.38. The molecule has 0 aromatic heterocycles. The van der Waals surface area contributed by atoms with Gasteiger partial charge in [-0.15, -0.1) is 0 Å². The molecule has 1 rings (SSSR count). The number of unbranched alkanes of at least 4 members (excludes halogenated alkanes) is 2. The zero-order valence-electron chi connectivity index (χ0n) is 9.76. The molecule has 96 valence electrons. The summed E-state index contributed by atoms with van der Waals surface area (Å²) in [4.78, 5) is 10.4. The normalized spacial score (nSPS) is 9.78. The lowest BCUT2D eigenvalue weighted by Crippen LogP contribution is -2.01. The fourth-order valence-electron chi connectivity index (χ4n) is 1.40. The number of benzene rings is 1. The van der Waals surface area contributed by atoms with E-state index >= 15 is 0 Å². The number of nitriles is 1. The highest BCUT2D eigenvalue weighted by Gasteiger charge is 2.15. The Morgan fingerprint density at radius 3 is 2.83 bits per heavy atom. The molecule has 1 aromatic rings. The highest BCUT2D eigenvalue weighted by atomic mass is 79.9. The second-order valence-corrected chi connectivity index (χ2v) is 4.22. The largest absolute Gasteiger partial charge is 0.487 e. The van der Waals surface area contributed by atoms with E-state index in [0.717, 1.165) is 12.0 Å². The van der Waals surface area contributed by atoms with Crippen molar-refractivity contribution >= 4 is 21.6 Å². The molecule has 0 N–H and O–H groups in total. The number of alkyl halides is 1. The third kappa shape index (κ3) is 4.34. The Labute approximate surface area is 114 Å². The molecule has 18 heavy (non-hydrogen) atoms. The number of hydrogen-bond donors (Lipinski definition) is 0. The lowest BCUT2D eigenvalue weighted by atomic mass is 10.2. The first-order valence-corrected chi connectivity index (χ1v) is 6.64. The van der Waals surface area contributed by atoms with Crippen molar-refractivity contribution < 1.29 is 9.66 Å². The fraction of sp³-hybridized carbons (Fsp3) is 0.417. The van der Waals surface area contributed by atoms with E-state index in [0.29, 0.717) is 24.8 Å². The summed E-state index contributed by atoms with van der Waals surface area (Å²) in [6.45, 7) is 0.385. The van der Waals surface area contributed by atoms with Crippen LogP contribution >= 0.6 is 15.9 Å². The number of rotatable bonds is 7. The SMILES string of the molecule is N#CCCCCOc1ccc(CBr)cc1[N+](=O)[O-]. The molecule has 0 heterocycles. The van der Waals surface area contributed by atoms with Crippen LogP contribution in [0.1, 0.15) is 24.8 Å². The van der Waals surface area contributed by atoms with Crippen LogP contribution in [0.3, 0.4) is 0 Å². The first-order chi connectivity index (χ1) is 8.69. The Morgan fingerprint density at radius 2 is 2.22 bits per heavy atom. The number of ether oxygens (including phenoxy) is 1. The molecule has 0 fully saturated rings. The van der Waals surface area contributed by atoms with E-state index in [9.17, 15) is 10.1 Å². The van der Waals surface area contributed by atoms with E-state index in [1.807, 2.05) is 6.07 Å². The predicted molar refractivity (Wildman–Crippen MR) is 70.7 cm³/mol. The van der Waals surface area contributed by atoms with Crippen LogP contribution in [0.15, 0.2) is 18.2 Å². The monoisotopic (exact) mass is 312 g/mol. The Hall–Kier alpha value is -1.61. The molecule has 0 amide bonds. The van der Waals surface area contributed by atoms with Gasteiger partial charge in [0.05, 0.1) is 17.6 Å². The van der Waals surface area contributed by atoms with E-state index in [2.05, 4.69) is 15.9 Å². The molecule has 0 bridgehead atoms. The molecule has 0 aliphatic rings. The maximum atomic E-state index is 10.9. The van der Waals surface area contributed by atoms with E-state index in [1.54, 1.807) is 12.1 Å². The van der Waals surface area contributed by atoms with Gasteiger partial charge in [0, 0.05) is 17.8 Å². The molecule has 0 radical (unpaired) electrons. The van der Waals surface area contributed by atoms with Crippen molar-refractivity contribution in [3.05, 3.63) is 33.9 Å². The number of hydrogen-bond acceptors (Lipinski definition) is 4. The molecule has 0 aliphatic carbocycles. The van der Waals surface area contributed by atoms with Gasteiger partial charge in [-0.2, -0.15) is 5.26 Å². The van der Waals surface area contributed by atoms with Crippen molar-refractivity contribution in [1.82, 2.24) is 0 Å². The lowest BCUT2D eigenvalue weighted by molar-refractivity contribution is -0.385. The summed E-state index contributed by atoms with van der Waals surface area (Å²) in [6.07, 6.45) is 1.93. The molecular weight excluding hydrogens is 300 g/mol. The average Bonchev–Trinajstić information content (AvgIpc) is 2.38. The van der Waals surface area contributed by atoms with Gasteiger partial charge in [0.2, 0.25) is 0 Å². The molecule has 5 nitrogen and oxygen atoms in total. The van der Waals surface area contributed by atoms with Crippen molar-refractivity contribution in [2.75, 3.05) is 6.61 Å². The van der Waals surface area contributed by atoms with Crippen molar-refractivity contribution in [1.29, 1.82) is 5.26 Å². The molecular formula is C12H13BrN2O3. The van der Waals surface area contributed by atoms with Crippen LogP contribution in [0.2, 0.25) is 0 Å². The molecule has 0 unspecified atom stereocenters. The smallest absolute Gasteiger partial charge is 0.311 e. The second kappa shape index (κ2) is 7.67. The number of nitro benzene ring substituents is 1. The molecule has 0 saturated carbocycles. The Morgan fingerprint density at radius 1 is 1.44 bits per heavy atom. The maximum absolute atomic E-state index is 10.9. The fourth-order valence-corrected chi connectivity index (χ4v) is 1.75. The summed E-state index contributed by atoms with van der Waals surface area (Å²) in [7, 11) is 0. The van der Waals surface area contributed by atoms with Gasteiger partial charge in [0.25, 0.3) is 0 Å². The highest BCUT2D eigenvalue weighted by molar-refractivity contribution is 9.08. The van der Waals surface area contributed by atoms with Gasteiger partial charge in [-0.1, -0.05) is 22.0 Å². The summed E-state index contributed by atoms with van der Waals surface area (Å²) in [5.41, 5.74) is 0.811. The number of nitrogens with zero attached hydrogens (tertiary/aromatic N) is 2. The van der Waals surface area contributed by atoms with Crippen molar-refractivity contribution in [3.8, 4) is 11.8 Å². The van der Waals surface area contributed by atoms with Crippen LogP contribution < -0.4 is 4.74 Å². The van der Waals surface area contributed by atoms with Gasteiger partial charge < -0.3 is 4.74 Å². The second-order valence-electron chi connectivity index (χ2n) is 3.66. The van der Waals surface area contributed by atoms with Crippen LogP contribution in [0.4, 0.5) is 5.69 Å². The molecule has 0 spiro atoms. The van der Waals surface area contributed by atoms with Gasteiger partial charge in [-0.25, -0.2) is 0 Å². The van der Waals surface area contributed by atoms with Crippen LogP contribution in [0, 0.1) is 21.4 Å². The molecule has 1 aromatic carbocycles. The van der Waals surface area contributed by atoms with Gasteiger partial charge >= 0.3 is 5.69 Å². The minimum Gasteiger partial charge on any atom is -0.487 e. The van der Waals surface area contributed by atoms with Gasteiger partial charge in [0.15, 0.2) is 5.75 Å². The third-order valence-electron chi connectivity index (χ3n) is 2.31. The number of nitro groups is 1. The highest BCUT2D eigenvalue weighted by Crippen LogP contribution is 2.28. The molecule has 0 saturated heterocycles. The standard InChI is InChI=1S/C12H13BrN2O3/c13-9-10-4-5-12(11(8-10)15(16)17)18-7-3-1-2-6-14/h4-5,8H,1-3,7,9H2. The summed E-state index contributed by atoms with van der Waals surface area (Å²) >= 11 is 3.25. The predicted octanol–water partition coefficient (Wildman–Crippen LogP) is 3.56. The topological polar surface area (TPSA) is 76.2 Å². The van der Waals surface area contributed by atoms with Crippen LogP contribution in [-0.2, 0) is 5.33 Å². The zero-order valence-corrected chi connectivity index (χ0v) is 11.4. The zero-order chi connectivity index (χ0) is 13.4. The molecule has 0 aliphatic heterocycles. The van der Waals surface area contributed by atoms with E-state index in [4.69, 9.17) is 10.00 Å². The Bertz CT molecular complexity index is 457. The minimum absolute atomic E-state index is 0.0211.